The number of ether oxygens (including phenoxy) is 2. The number of carbonyl (C=O) groups is 1. The van der Waals surface area contributed by atoms with Crippen LogP contribution < -0.4 is 0 Å². The van der Waals surface area contributed by atoms with Crippen LogP contribution in [0, 0.1) is 0 Å². The molecular formula is C12H22O3. The molecule has 3 heteroatoms. The molecule has 1 atom stereocenters. The van der Waals surface area contributed by atoms with E-state index in [1.807, 2.05) is 13.8 Å². The van der Waals surface area contributed by atoms with Gasteiger partial charge in [-0.05, 0) is 40.0 Å². The molecule has 0 bridgehead atoms. The molecule has 0 radical (unpaired) electrons. The summed E-state index contributed by atoms with van der Waals surface area (Å²) in [5.74, 6) is 0. The molecule has 3 nitrogen and oxygen atoms in total. The van der Waals surface area contributed by atoms with Gasteiger partial charge in [-0.25, -0.2) is 4.79 Å². The molecular weight excluding hydrogens is 192 g/mol. The van der Waals surface area contributed by atoms with E-state index in [1.54, 1.807) is 0 Å². The van der Waals surface area contributed by atoms with Gasteiger partial charge >= 0.3 is 6.16 Å². The van der Waals surface area contributed by atoms with E-state index in [-0.39, 0.29) is 0 Å². The Morgan fingerprint density at radius 3 is 2.40 bits per heavy atom. The maximum atomic E-state index is 11.0. The molecule has 0 saturated heterocycles. The van der Waals surface area contributed by atoms with Crippen molar-refractivity contribution in [1.82, 2.24) is 0 Å². The van der Waals surface area contributed by atoms with E-state index in [1.165, 1.54) is 12.7 Å². The molecule has 0 N–H and O–H groups in total. The Hall–Kier alpha value is -0.990. The number of allylic oxidation sites excluding steroid dienone is 2. The zero-order chi connectivity index (χ0) is 11.9. The Bertz CT molecular complexity index is 229. The Kier molecular flexibility index (Phi) is 6.06. The first kappa shape index (κ1) is 14.0. The highest BCUT2D eigenvalue weighted by atomic mass is 16.7. The fraction of sp³-hybridized carbons (Fsp3) is 0.750. The van der Waals surface area contributed by atoms with Gasteiger partial charge < -0.3 is 9.47 Å². The number of methoxy groups -OCH3 is 1. The molecule has 0 aromatic rings. The summed E-state index contributed by atoms with van der Waals surface area (Å²) in [5, 5.41) is 0. The third-order valence-electron chi connectivity index (χ3n) is 2.47. The molecule has 0 spiro atoms. The molecule has 0 saturated carbocycles. The van der Waals surface area contributed by atoms with Crippen LogP contribution >= 0.6 is 0 Å². The largest absolute Gasteiger partial charge is 0.508 e. The predicted octanol–water partition coefficient (Wildman–Crippen LogP) is 3.68. The summed E-state index contributed by atoms with van der Waals surface area (Å²) >= 11 is 0. The Balaban J connectivity index is 4.18. The molecule has 0 fully saturated rings. The first-order valence-corrected chi connectivity index (χ1v) is 5.34. The van der Waals surface area contributed by atoms with Gasteiger partial charge in [-0.3, -0.25) is 0 Å². The van der Waals surface area contributed by atoms with Gasteiger partial charge in [-0.1, -0.05) is 18.6 Å². The highest BCUT2D eigenvalue weighted by Crippen LogP contribution is 2.23. The van der Waals surface area contributed by atoms with Crippen LogP contribution in [0.1, 0.15) is 47.0 Å². The average molecular weight is 214 g/mol. The van der Waals surface area contributed by atoms with Gasteiger partial charge in [0.15, 0.2) is 0 Å². The van der Waals surface area contributed by atoms with Crippen LogP contribution in [0.3, 0.4) is 0 Å². The van der Waals surface area contributed by atoms with E-state index in [4.69, 9.17) is 4.74 Å². The summed E-state index contributed by atoms with van der Waals surface area (Å²) in [6.45, 7) is 8.06. The molecule has 0 aromatic heterocycles. The number of rotatable bonds is 5. The smallest absolute Gasteiger partial charge is 0.438 e. The summed E-state index contributed by atoms with van der Waals surface area (Å²) in [6, 6.07) is 0. The molecule has 0 aliphatic carbocycles. The van der Waals surface area contributed by atoms with Crippen molar-refractivity contribution >= 4 is 6.16 Å². The van der Waals surface area contributed by atoms with E-state index in [0.29, 0.717) is 0 Å². The molecule has 1 unspecified atom stereocenters. The molecule has 0 aliphatic heterocycles. The lowest BCUT2D eigenvalue weighted by atomic mass is 9.96. The van der Waals surface area contributed by atoms with Gasteiger partial charge in [-0.15, -0.1) is 0 Å². The standard InChI is InChI=1S/C12H22O3/c1-6-12(4,15-11(13)14-5)9-7-8-10(2)3/h8H,6-7,9H2,1-5H3. The van der Waals surface area contributed by atoms with Crippen LogP contribution in [0.4, 0.5) is 4.79 Å². The molecule has 0 heterocycles. The Labute approximate surface area is 92.5 Å². The summed E-state index contributed by atoms with van der Waals surface area (Å²) in [6.07, 6.45) is 4.08. The third-order valence-corrected chi connectivity index (χ3v) is 2.47. The molecule has 0 aromatic carbocycles. The van der Waals surface area contributed by atoms with Crippen LogP contribution in [0.5, 0.6) is 0 Å². The van der Waals surface area contributed by atoms with Crippen molar-refractivity contribution in [2.75, 3.05) is 7.11 Å². The Morgan fingerprint density at radius 2 is 2.00 bits per heavy atom. The monoisotopic (exact) mass is 214 g/mol. The van der Waals surface area contributed by atoms with Crippen molar-refractivity contribution in [2.45, 2.75) is 52.6 Å². The fourth-order valence-corrected chi connectivity index (χ4v) is 1.21. The number of hydrogen-bond acceptors (Lipinski definition) is 3. The van der Waals surface area contributed by atoms with Crippen molar-refractivity contribution in [3.05, 3.63) is 11.6 Å². The molecule has 0 rings (SSSR count). The zero-order valence-electron chi connectivity index (χ0n) is 10.4. The van der Waals surface area contributed by atoms with E-state index in [0.717, 1.165) is 19.3 Å². The number of hydrogen-bond donors (Lipinski definition) is 0. The van der Waals surface area contributed by atoms with E-state index < -0.39 is 11.8 Å². The van der Waals surface area contributed by atoms with Gasteiger partial charge in [0.2, 0.25) is 0 Å². The lowest BCUT2D eigenvalue weighted by molar-refractivity contribution is -0.0234. The van der Waals surface area contributed by atoms with E-state index in [9.17, 15) is 4.79 Å². The van der Waals surface area contributed by atoms with Crippen LogP contribution in [0.2, 0.25) is 0 Å². The third kappa shape index (κ3) is 6.15. The minimum atomic E-state index is -0.600. The van der Waals surface area contributed by atoms with Crippen molar-refractivity contribution in [3.8, 4) is 0 Å². The highest BCUT2D eigenvalue weighted by molar-refractivity contribution is 5.60. The maximum Gasteiger partial charge on any atom is 0.508 e. The second-order valence-corrected chi connectivity index (χ2v) is 4.18. The minimum absolute atomic E-state index is 0.418. The van der Waals surface area contributed by atoms with Crippen molar-refractivity contribution in [1.29, 1.82) is 0 Å². The molecule has 88 valence electrons. The van der Waals surface area contributed by atoms with Crippen LogP contribution in [0.25, 0.3) is 0 Å². The van der Waals surface area contributed by atoms with Crippen molar-refractivity contribution in [2.24, 2.45) is 0 Å². The molecule has 15 heavy (non-hydrogen) atoms. The Morgan fingerprint density at radius 1 is 1.40 bits per heavy atom. The average Bonchev–Trinajstić information content (AvgIpc) is 2.17. The van der Waals surface area contributed by atoms with Crippen LogP contribution in [-0.4, -0.2) is 18.9 Å². The minimum Gasteiger partial charge on any atom is -0.438 e. The zero-order valence-corrected chi connectivity index (χ0v) is 10.4. The summed E-state index contributed by atoms with van der Waals surface area (Å²) < 4.78 is 9.73. The normalized spacial score (nSPS) is 13.9. The summed E-state index contributed by atoms with van der Waals surface area (Å²) in [5.41, 5.74) is 0.866. The lowest BCUT2D eigenvalue weighted by Gasteiger charge is -2.27. The van der Waals surface area contributed by atoms with Gasteiger partial charge in [0.1, 0.15) is 5.60 Å². The summed E-state index contributed by atoms with van der Waals surface area (Å²) in [7, 11) is 1.33. The highest BCUT2D eigenvalue weighted by Gasteiger charge is 2.26. The fourth-order valence-electron chi connectivity index (χ4n) is 1.21. The van der Waals surface area contributed by atoms with Crippen LogP contribution in [-0.2, 0) is 9.47 Å². The molecule has 0 amide bonds. The number of carbonyl (C=O) groups excluding carboxylic acids is 1. The van der Waals surface area contributed by atoms with Gasteiger partial charge in [0.05, 0.1) is 7.11 Å². The van der Waals surface area contributed by atoms with Gasteiger partial charge in [0.25, 0.3) is 0 Å². The quantitative estimate of drug-likeness (QED) is 0.517. The maximum absolute atomic E-state index is 11.0. The SMILES string of the molecule is CCC(C)(CCC=C(C)C)OC(=O)OC. The van der Waals surface area contributed by atoms with E-state index in [2.05, 4.69) is 24.7 Å². The molecule has 0 aliphatic rings. The summed E-state index contributed by atoms with van der Waals surface area (Å²) in [4.78, 5) is 11.0. The van der Waals surface area contributed by atoms with Crippen molar-refractivity contribution in [3.63, 3.8) is 0 Å². The van der Waals surface area contributed by atoms with Gasteiger partial charge in [0, 0.05) is 0 Å². The lowest BCUT2D eigenvalue weighted by Crippen LogP contribution is -2.30. The second kappa shape index (κ2) is 6.49. The second-order valence-electron chi connectivity index (χ2n) is 4.18. The first-order valence-electron chi connectivity index (χ1n) is 5.34. The van der Waals surface area contributed by atoms with Crippen molar-refractivity contribution < 1.29 is 14.3 Å². The van der Waals surface area contributed by atoms with Crippen LogP contribution in [0.15, 0.2) is 11.6 Å². The van der Waals surface area contributed by atoms with Gasteiger partial charge in [-0.2, -0.15) is 0 Å². The predicted molar refractivity (Wildman–Crippen MR) is 60.9 cm³/mol. The van der Waals surface area contributed by atoms with E-state index >= 15 is 0 Å². The topological polar surface area (TPSA) is 35.5 Å². The first-order chi connectivity index (χ1) is 6.93.